The van der Waals surface area contributed by atoms with Gasteiger partial charge in [0.25, 0.3) is 0 Å². The Morgan fingerprint density at radius 2 is 2.27 bits per heavy atom. The van der Waals surface area contributed by atoms with E-state index in [2.05, 4.69) is 33.8 Å². The van der Waals surface area contributed by atoms with Gasteiger partial charge >= 0.3 is 0 Å². The van der Waals surface area contributed by atoms with E-state index < -0.39 is 0 Å². The van der Waals surface area contributed by atoms with Crippen LogP contribution in [0.25, 0.3) is 0 Å². The van der Waals surface area contributed by atoms with Gasteiger partial charge in [-0.15, -0.1) is 0 Å². The Balaban J connectivity index is 2.21. The number of ether oxygens (including phenoxy) is 1. The fourth-order valence-corrected chi connectivity index (χ4v) is 3.16. The Morgan fingerprint density at radius 3 is 2.87 bits per heavy atom. The van der Waals surface area contributed by atoms with Crippen LogP contribution in [0.2, 0.25) is 0 Å². The van der Waals surface area contributed by atoms with E-state index in [1.165, 1.54) is 19.3 Å². The Kier molecular flexibility index (Phi) is 2.94. The third kappa shape index (κ3) is 1.75. The molecule has 1 heteroatoms. The second-order valence-corrected chi connectivity index (χ2v) is 5.63. The minimum Gasteiger partial charge on any atom is -0.371 e. The summed E-state index contributed by atoms with van der Waals surface area (Å²) in [5.41, 5.74) is 1.74. The van der Waals surface area contributed by atoms with Gasteiger partial charge in [-0.25, -0.2) is 0 Å². The van der Waals surface area contributed by atoms with Crippen LogP contribution in [0, 0.1) is 11.8 Å². The number of hydrogen-bond acceptors (Lipinski definition) is 1. The van der Waals surface area contributed by atoms with Crippen LogP contribution in [0.3, 0.4) is 0 Å². The summed E-state index contributed by atoms with van der Waals surface area (Å²) in [4.78, 5) is 0. The molecular weight excluding hydrogens is 184 g/mol. The molecule has 3 atom stereocenters. The van der Waals surface area contributed by atoms with Crippen molar-refractivity contribution in [3.05, 3.63) is 11.6 Å². The van der Waals surface area contributed by atoms with Gasteiger partial charge in [-0.2, -0.15) is 0 Å². The summed E-state index contributed by atoms with van der Waals surface area (Å²) < 4.78 is 6.39. The molecule has 1 aliphatic heterocycles. The van der Waals surface area contributed by atoms with E-state index in [0.29, 0.717) is 17.9 Å². The van der Waals surface area contributed by atoms with Crippen LogP contribution in [0.5, 0.6) is 0 Å². The average molecular weight is 208 g/mol. The van der Waals surface area contributed by atoms with E-state index in [9.17, 15) is 0 Å². The van der Waals surface area contributed by atoms with E-state index in [4.69, 9.17) is 4.74 Å². The van der Waals surface area contributed by atoms with Gasteiger partial charge in [-0.1, -0.05) is 38.8 Å². The van der Waals surface area contributed by atoms with Gasteiger partial charge in [0, 0.05) is 5.92 Å². The maximum atomic E-state index is 6.39. The van der Waals surface area contributed by atoms with Gasteiger partial charge in [0.15, 0.2) is 0 Å². The average Bonchev–Trinajstić information content (AvgIpc) is 2.50. The molecule has 1 aliphatic carbocycles. The standard InChI is InChI=1S/C14H24O/c1-5-6-13-12-9-14(15-13,10(2)3)8-7-11(12)4/h7,10,12-13H,5-6,8-9H2,1-4H3/t12-,13+,14-/m1/s1. The van der Waals surface area contributed by atoms with Crippen molar-refractivity contribution in [2.45, 2.75) is 65.1 Å². The van der Waals surface area contributed by atoms with Gasteiger partial charge in [-0.05, 0) is 32.1 Å². The lowest BCUT2D eigenvalue weighted by molar-refractivity contribution is -0.0714. The smallest absolute Gasteiger partial charge is 0.0750 e. The van der Waals surface area contributed by atoms with E-state index in [-0.39, 0.29) is 5.60 Å². The topological polar surface area (TPSA) is 9.23 Å². The SMILES string of the molecule is CCC[C@@H]1O[C@]2(C(C)C)CC=C(C)[C@H]1C2. The van der Waals surface area contributed by atoms with Gasteiger partial charge in [0.05, 0.1) is 11.7 Å². The van der Waals surface area contributed by atoms with Crippen LogP contribution in [0.15, 0.2) is 11.6 Å². The molecule has 2 aliphatic rings. The largest absolute Gasteiger partial charge is 0.371 e. The molecule has 1 fully saturated rings. The summed E-state index contributed by atoms with van der Waals surface area (Å²) in [6.07, 6.45) is 7.78. The Morgan fingerprint density at radius 1 is 1.53 bits per heavy atom. The molecule has 2 rings (SSSR count). The zero-order valence-electron chi connectivity index (χ0n) is 10.5. The van der Waals surface area contributed by atoms with Crippen molar-refractivity contribution in [1.82, 2.24) is 0 Å². The molecule has 0 unspecified atom stereocenters. The predicted molar refractivity (Wildman–Crippen MR) is 63.8 cm³/mol. The number of rotatable bonds is 3. The van der Waals surface area contributed by atoms with Gasteiger partial charge in [0.2, 0.25) is 0 Å². The molecule has 1 nitrogen and oxygen atoms in total. The highest BCUT2D eigenvalue weighted by Gasteiger charge is 2.49. The summed E-state index contributed by atoms with van der Waals surface area (Å²) in [7, 11) is 0. The fraction of sp³-hybridized carbons (Fsp3) is 0.857. The first-order valence-electron chi connectivity index (χ1n) is 6.43. The Hall–Kier alpha value is -0.300. The molecule has 0 saturated carbocycles. The van der Waals surface area contributed by atoms with E-state index in [0.717, 1.165) is 6.42 Å². The second-order valence-electron chi connectivity index (χ2n) is 5.63. The van der Waals surface area contributed by atoms with Crippen molar-refractivity contribution in [3.8, 4) is 0 Å². The highest BCUT2D eigenvalue weighted by Crippen LogP contribution is 2.49. The third-order valence-electron chi connectivity index (χ3n) is 4.38. The third-order valence-corrected chi connectivity index (χ3v) is 4.38. The van der Waals surface area contributed by atoms with Crippen LogP contribution in [0.1, 0.15) is 53.4 Å². The lowest BCUT2D eigenvalue weighted by atomic mass is 9.74. The summed E-state index contributed by atoms with van der Waals surface area (Å²) >= 11 is 0. The van der Waals surface area contributed by atoms with Crippen LogP contribution in [-0.4, -0.2) is 11.7 Å². The second kappa shape index (κ2) is 3.93. The quantitative estimate of drug-likeness (QED) is 0.638. The van der Waals surface area contributed by atoms with Crippen LogP contribution in [0.4, 0.5) is 0 Å². The van der Waals surface area contributed by atoms with Crippen LogP contribution < -0.4 is 0 Å². The number of fused-ring (bicyclic) bond motifs is 2. The minimum absolute atomic E-state index is 0.171. The van der Waals surface area contributed by atoms with Gasteiger partial charge in [0.1, 0.15) is 0 Å². The first-order valence-corrected chi connectivity index (χ1v) is 6.43. The van der Waals surface area contributed by atoms with Crippen molar-refractivity contribution < 1.29 is 4.74 Å². The molecule has 0 aromatic heterocycles. The fourth-order valence-electron chi connectivity index (χ4n) is 3.16. The summed E-state index contributed by atoms with van der Waals surface area (Å²) in [5, 5.41) is 0. The number of hydrogen-bond donors (Lipinski definition) is 0. The molecule has 15 heavy (non-hydrogen) atoms. The lowest BCUT2D eigenvalue weighted by Crippen LogP contribution is -2.35. The van der Waals surface area contributed by atoms with Crippen molar-refractivity contribution in [3.63, 3.8) is 0 Å². The molecule has 0 aromatic carbocycles. The highest BCUT2D eigenvalue weighted by molar-refractivity contribution is 5.19. The molecule has 1 saturated heterocycles. The monoisotopic (exact) mass is 208 g/mol. The van der Waals surface area contributed by atoms with Crippen molar-refractivity contribution in [2.24, 2.45) is 11.8 Å². The van der Waals surface area contributed by atoms with Crippen LogP contribution >= 0.6 is 0 Å². The molecule has 2 bridgehead atoms. The molecule has 86 valence electrons. The van der Waals surface area contributed by atoms with Crippen molar-refractivity contribution >= 4 is 0 Å². The van der Waals surface area contributed by atoms with E-state index >= 15 is 0 Å². The van der Waals surface area contributed by atoms with Gasteiger partial charge < -0.3 is 4.74 Å². The molecule has 0 aromatic rings. The van der Waals surface area contributed by atoms with E-state index in [1.807, 2.05) is 0 Å². The predicted octanol–water partition coefficient (Wildman–Crippen LogP) is 3.94. The minimum atomic E-state index is 0.171. The van der Waals surface area contributed by atoms with Crippen molar-refractivity contribution in [2.75, 3.05) is 0 Å². The molecule has 0 spiro atoms. The first-order chi connectivity index (χ1) is 7.09. The van der Waals surface area contributed by atoms with E-state index in [1.54, 1.807) is 5.57 Å². The zero-order valence-corrected chi connectivity index (χ0v) is 10.5. The molecule has 0 radical (unpaired) electrons. The molecular formula is C14H24O. The Labute approximate surface area is 93.9 Å². The Bertz CT molecular complexity index is 267. The van der Waals surface area contributed by atoms with Crippen LogP contribution in [-0.2, 0) is 4.74 Å². The lowest BCUT2D eigenvalue weighted by Gasteiger charge is -2.34. The first kappa shape index (κ1) is 11.2. The van der Waals surface area contributed by atoms with Crippen molar-refractivity contribution in [1.29, 1.82) is 0 Å². The maximum absolute atomic E-state index is 6.39. The summed E-state index contributed by atoms with van der Waals surface area (Å²) in [6, 6.07) is 0. The molecule has 0 N–H and O–H groups in total. The summed E-state index contributed by atoms with van der Waals surface area (Å²) in [5.74, 6) is 1.35. The summed E-state index contributed by atoms with van der Waals surface area (Å²) in [6.45, 7) is 9.15. The maximum Gasteiger partial charge on any atom is 0.0750 e. The zero-order chi connectivity index (χ0) is 11.1. The van der Waals surface area contributed by atoms with Gasteiger partial charge in [-0.3, -0.25) is 0 Å². The normalized spacial score (nSPS) is 39.7. The highest BCUT2D eigenvalue weighted by atomic mass is 16.5. The molecule has 0 amide bonds. The molecule has 1 heterocycles.